The molecule has 0 saturated carbocycles. The molecule has 0 saturated heterocycles. The lowest BCUT2D eigenvalue weighted by Crippen LogP contribution is -2.30. The van der Waals surface area contributed by atoms with E-state index in [9.17, 15) is 18.0 Å². The fourth-order valence-electron chi connectivity index (χ4n) is 1.89. The summed E-state index contributed by atoms with van der Waals surface area (Å²) in [5.74, 6) is -0.431. The van der Waals surface area contributed by atoms with Crippen LogP contribution in [-0.2, 0) is 6.18 Å². The van der Waals surface area contributed by atoms with Crippen molar-refractivity contribution < 1.29 is 22.7 Å². The van der Waals surface area contributed by atoms with Crippen molar-refractivity contribution in [3.8, 4) is 5.75 Å². The number of para-hydroxylation sites is 1. The number of amides is 1. The first-order chi connectivity index (χ1) is 10.8. The Morgan fingerprint density at radius 3 is 2.52 bits per heavy atom. The number of nitrogens with one attached hydrogen (secondary N) is 2. The second-order valence-electron chi connectivity index (χ2n) is 4.47. The molecule has 0 aliphatic heterocycles. The Morgan fingerprint density at radius 2 is 1.87 bits per heavy atom. The van der Waals surface area contributed by atoms with Crippen LogP contribution in [0.15, 0.2) is 42.5 Å². The predicted octanol–water partition coefficient (Wildman–Crippen LogP) is 4.12. The summed E-state index contributed by atoms with van der Waals surface area (Å²) in [6, 6.07) is 9.17. The van der Waals surface area contributed by atoms with E-state index in [0.29, 0.717) is 5.02 Å². The Balaban J connectivity index is 2.19. The van der Waals surface area contributed by atoms with Crippen molar-refractivity contribution in [3.05, 3.63) is 58.6 Å². The number of halogens is 4. The van der Waals surface area contributed by atoms with Crippen LogP contribution < -0.4 is 15.6 Å². The standard InChI is InChI=1S/C15H12ClF3N2O2/c1-23-13-7-6-9(16)8-10(13)14(22)21-20-12-5-3-2-4-11(12)15(17,18)19/h2-8,20H,1H3,(H,21,22). The molecule has 2 rings (SSSR count). The van der Waals surface area contributed by atoms with Gasteiger partial charge in [-0.3, -0.25) is 15.6 Å². The minimum absolute atomic E-state index is 0.0944. The first-order valence-corrected chi connectivity index (χ1v) is 6.77. The summed E-state index contributed by atoms with van der Waals surface area (Å²) >= 11 is 5.82. The molecule has 0 aliphatic rings. The van der Waals surface area contributed by atoms with Crippen molar-refractivity contribution in [2.45, 2.75) is 6.18 Å². The lowest BCUT2D eigenvalue weighted by molar-refractivity contribution is -0.137. The number of hydrogen-bond donors (Lipinski definition) is 2. The number of hydrogen-bond acceptors (Lipinski definition) is 3. The van der Waals surface area contributed by atoms with Crippen LogP contribution in [-0.4, -0.2) is 13.0 Å². The Kier molecular flexibility index (Phi) is 5.00. The summed E-state index contributed by atoms with van der Waals surface area (Å²) in [5, 5.41) is 0.298. The van der Waals surface area contributed by atoms with E-state index in [0.717, 1.165) is 6.07 Å². The van der Waals surface area contributed by atoms with E-state index in [1.54, 1.807) is 0 Å². The van der Waals surface area contributed by atoms with Crippen molar-refractivity contribution in [1.29, 1.82) is 0 Å². The minimum atomic E-state index is -4.54. The molecule has 0 heterocycles. The van der Waals surface area contributed by atoms with Gasteiger partial charge in [-0.25, -0.2) is 0 Å². The van der Waals surface area contributed by atoms with Crippen LogP contribution in [0.2, 0.25) is 5.02 Å². The molecule has 0 bridgehead atoms. The third kappa shape index (κ3) is 4.07. The van der Waals surface area contributed by atoms with Crippen molar-refractivity contribution in [3.63, 3.8) is 0 Å². The van der Waals surface area contributed by atoms with Gasteiger partial charge in [0, 0.05) is 5.02 Å². The van der Waals surface area contributed by atoms with E-state index in [1.165, 1.54) is 43.5 Å². The quantitative estimate of drug-likeness (QED) is 0.820. The predicted molar refractivity (Wildman–Crippen MR) is 80.5 cm³/mol. The summed E-state index contributed by atoms with van der Waals surface area (Å²) in [5.41, 5.74) is 3.41. The van der Waals surface area contributed by atoms with Gasteiger partial charge in [0.1, 0.15) is 5.75 Å². The number of anilines is 1. The average Bonchev–Trinajstić information content (AvgIpc) is 2.52. The second kappa shape index (κ2) is 6.78. The number of hydrazine groups is 1. The zero-order valence-electron chi connectivity index (χ0n) is 11.9. The molecule has 0 aromatic heterocycles. The lowest BCUT2D eigenvalue weighted by atomic mass is 10.1. The molecule has 1 amide bonds. The highest BCUT2D eigenvalue weighted by Crippen LogP contribution is 2.34. The van der Waals surface area contributed by atoms with Crippen molar-refractivity contribution in [1.82, 2.24) is 5.43 Å². The van der Waals surface area contributed by atoms with Gasteiger partial charge in [-0.15, -0.1) is 0 Å². The zero-order valence-corrected chi connectivity index (χ0v) is 12.6. The maximum absolute atomic E-state index is 12.9. The molecule has 0 aliphatic carbocycles. The van der Waals surface area contributed by atoms with Gasteiger partial charge in [0.2, 0.25) is 0 Å². The van der Waals surface area contributed by atoms with Crippen LogP contribution >= 0.6 is 11.6 Å². The summed E-state index contributed by atoms with van der Waals surface area (Å²) in [4.78, 5) is 12.1. The molecule has 2 N–H and O–H groups in total. The number of carbonyl (C=O) groups excluding carboxylic acids is 1. The molecule has 0 unspecified atom stereocenters. The molecule has 23 heavy (non-hydrogen) atoms. The van der Waals surface area contributed by atoms with Gasteiger partial charge in [-0.1, -0.05) is 23.7 Å². The van der Waals surface area contributed by atoms with Gasteiger partial charge in [-0.2, -0.15) is 13.2 Å². The average molecular weight is 345 g/mol. The number of methoxy groups -OCH3 is 1. The molecule has 8 heteroatoms. The van der Waals surface area contributed by atoms with E-state index < -0.39 is 17.6 Å². The first kappa shape index (κ1) is 17.0. The molecule has 2 aromatic carbocycles. The van der Waals surface area contributed by atoms with Crippen LogP contribution in [0.5, 0.6) is 5.75 Å². The van der Waals surface area contributed by atoms with E-state index >= 15 is 0 Å². The third-order valence-corrected chi connectivity index (χ3v) is 3.18. The Morgan fingerprint density at radius 1 is 1.17 bits per heavy atom. The number of ether oxygens (including phenoxy) is 1. The fourth-order valence-corrected chi connectivity index (χ4v) is 2.06. The maximum atomic E-state index is 12.9. The lowest BCUT2D eigenvalue weighted by Gasteiger charge is -2.15. The van der Waals surface area contributed by atoms with Gasteiger partial charge >= 0.3 is 6.18 Å². The van der Waals surface area contributed by atoms with Gasteiger partial charge in [-0.05, 0) is 30.3 Å². The fraction of sp³-hybridized carbons (Fsp3) is 0.133. The first-order valence-electron chi connectivity index (χ1n) is 6.39. The molecule has 0 radical (unpaired) electrons. The summed E-state index contributed by atoms with van der Waals surface area (Å²) < 4.78 is 43.7. The van der Waals surface area contributed by atoms with Crippen molar-refractivity contribution >= 4 is 23.2 Å². The zero-order chi connectivity index (χ0) is 17.0. The molecule has 2 aromatic rings. The number of carbonyl (C=O) groups is 1. The van der Waals surface area contributed by atoms with Crippen LogP contribution in [0.4, 0.5) is 18.9 Å². The minimum Gasteiger partial charge on any atom is -0.496 e. The van der Waals surface area contributed by atoms with Gasteiger partial charge < -0.3 is 4.74 Å². The van der Waals surface area contributed by atoms with E-state index in [4.69, 9.17) is 16.3 Å². The molecule has 0 atom stereocenters. The molecule has 0 spiro atoms. The van der Waals surface area contributed by atoms with Crippen LogP contribution in [0.25, 0.3) is 0 Å². The van der Waals surface area contributed by atoms with E-state index in [2.05, 4.69) is 10.9 Å². The van der Waals surface area contributed by atoms with Gasteiger partial charge in [0.15, 0.2) is 0 Å². The molecule has 4 nitrogen and oxygen atoms in total. The summed E-state index contributed by atoms with van der Waals surface area (Å²) in [6.45, 7) is 0. The molecule has 122 valence electrons. The molecule has 0 fully saturated rings. The highest BCUT2D eigenvalue weighted by molar-refractivity contribution is 6.31. The number of rotatable bonds is 4. The summed E-state index contributed by atoms with van der Waals surface area (Å²) in [7, 11) is 1.37. The monoisotopic (exact) mass is 344 g/mol. The van der Waals surface area contributed by atoms with Crippen LogP contribution in [0.1, 0.15) is 15.9 Å². The largest absolute Gasteiger partial charge is 0.496 e. The maximum Gasteiger partial charge on any atom is 0.418 e. The second-order valence-corrected chi connectivity index (χ2v) is 4.90. The van der Waals surface area contributed by atoms with Crippen molar-refractivity contribution in [2.75, 3.05) is 12.5 Å². The molecular formula is C15H12ClF3N2O2. The number of benzene rings is 2. The number of alkyl halides is 3. The van der Waals surface area contributed by atoms with E-state index in [1.807, 2.05) is 0 Å². The Labute approximate surface area is 135 Å². The van der Waals surface area contributed by atoms with E-state index in [-0.39, 0.29) is 17.0 Å². The Hall–Kier alpha value is -2.41. The normalized spacial score (nSPS) is 11.0. The molecular weight excluding hydrogens is 333 g/mol. The summed E-state index contributed by atoms with van der Waals surface area (Å²) in [6.07, 6.45) is -4.54. The van der Waals surface area contributed by atoms with Gasteiger partial charge in [0.25, 0.3) is 5.91 Å². The SMILES string of the molecule is COc1ccc(Cl)cc1C(=O)NNc1ccccc1C(F)(F)F. The third-order valence-electron chi connectivity index (χ3n) is 2.95. The van der Waals surface area contributed by atoms with Crippen LogP contribution in [0, 0.1) is 0 Å². The Bertz CT molecular complexity index is 720. The smallest absolute Gasteiger partial charge is 0.418 e. The highest BCUT2D eigenvalue weighted by Gasteiger charge is 2.33. The van der Waals surface area contributed by atoms with Crippen molar-refractivity contribution in [2.24, 2.45) is 0 Å². The van der Waals surface area contributed by atoms with Gasteiger partial charge in [0.05, 0.1) is 23.9 Å². The highest BCUT2D eigenvalue weighted by atomic mass is 35.5. The van der Waals surface area contributed by atoms with Crippen LogP contribution in [0.3, 0.4) is 0 Å². The topological polar surface area (TPSA) is 50.4 Å².